The quantitative estimate of drug-likeness (QED) is 0.752. The number of methoxy groups -OCH3 is 1. The fourth-order valence-corrected chi connectivity index (χ4v) is 1.68. The molecule has 0 bridgehead atoms. The second kappa shape index (κ2) is 4.55. The summed E-state index contributed by atoms with van der Waals surface area (Å²) < 4.78 is 11.5. The van der Waals surface area contributed by atoms with Gasteiger partial charge in [0.15, 0.2) is 11.4 Å². The van der Waals surface area contributed by atoms with Crippen molar-refractivity contribution in [2.24, 2.45) is 0 Å². The van der Waals surface area contributed by atoms with Crippen molar-refractivity contribution in [2.75, 3.05) is 13.7 Å². The molecule has 0 spiro atoms. The third kappa shape index (κ3) is 2.14. The number of ketones is 1. The summed E-state index contributed by atoms with van der Waals surface area (Å²) in [5, 5.41) is 0. The number of rotatable bonds is 4. The van der Waals surface area contributed by atoms with Crippen LogP contribution in [0.1, 0.15) is 17.3 Å². The number of oxazole rings is 1. The number of hydrogen-bond donors (Lipinski definition) is 0. The second-order valence-electron chi connectivity index (χ2n) is 3.75. The number of benzene rings is 1. The van der Waals surface area contributed by atoms with Gasteiger partial charge in [-0.05, 0) is 25.1 Å². The van der Waals surface area contributed by atoms with Gasteiger partial charge in [0.2, 0.25) is 0 Å². The van der Waals surface area contributed by atoms with Gasteiger partial charge in [0.1, 0.15) is 0 Å². The van der Waals surface area contributed by atoms with Crippen molar-refractivity contribution in [3.63, 3.8) is 0 Å². The maximum Gasteiger partial charge on any atom is 0.420 e. The molecule has 0 aliphatic carbocycles. The molecular weight excluding hydrogens is 222 g/mol. The zero-order valence-electron chi connectivity index (χ0n) is 9.73. The van der Waals surface area contributed by atoms with E-state index in [1.165, 1.54) is 11.5 Å². The van der Waals surface area contributed by atoms with E-state index in [0.717, 1.165) is 0 Å². The molecule has 0 saturated heterocycles. The number of carbonyl (C=O) groups excluding carboxylic acids is 1. The molecule has 2 rings (SSSR count). The molecule has 0 amide bonds. The van der Waals surface area contributed by atoms with Gasteiger partial charge in [-0.3, -0.25) is 9.36 Å². The molecule has 0 atom stereocenters. The average molecular weight is 235 g/mol. The highest BCUT2D eigenvalue weighted by Gasteiger charge is 2.10. The van der Waals surface area contributed by atoms with Gasteiger partial charge in [-0.2, -0.15) is 0 Å². The van der Waals surface area contributed by atoms with E-state index < -0.39 is 5.76 Å². The number of fused-ring (bicyclic) bond motifs is 1. The van der Waals surface area contributed by atoms with Crippen molar-refractivity contribution < 1.29 is 13.9 Å². The highest BCUT2D eigenvalue weighted by atomic mass is 16.5. The minimum Gasteiger partial charge on any atom is -0.408 e. The first-order valence-corrected chi connectivity index (χ1v) is 5.26. The Morgan fingerprint density at radius 2 is 2.24 bits per heavy atom. The second-order valence-corrected chi connectivity index (χ2v) is 3.75. The highest BCUT2D eigenvalue weighted by molar-refractivity contribution is 5.96. The van der Waals surface area contributed by atoms with E-state index >= 15 is 0 Å². The molecule has 0 aliphatic heterocycles. The van der Waals surface area contributed by atoms with Crippen LogP contribution in [0.5, 0.6) is 0 Å². The molecule has 90 valence electrons. The predicted octanol–water partition coefficient (Wildman–Crippen LogP) is 1.44. The van der Waals surface area contributed by atoms with Gasteiger partial charge in [0.25, 0.3) is 0 Å². The van der Waals surface area contributed by atoms with Crippen molar-refractivity contribution in [3.8, 4) is 0 Å². The lowest BCUT2D eigenvalue weighted by molar-refractivity contribution is 0.101. The van der Waals surface area contributed by atoms with E-state index in [2.05, 4.69) is 0 Å². The standard InChI is InChI=1S/C12H13NO4/c1-8(14)9-3-4-10-11(7-9)17-12(15)13(10)5-6-16-2/h3-4,7H,5-6H2,1-2H3. The minimum atomic E-state index is -0.433. The zero-order chi connectivity index (χ0) is 12.4. The Morgan fingerprint density at radius 1 is 1.47 bits per heavy atom. The lowest BCUT2D eigenvalue weighted by Gasteiger charge is -2.00. The fraction of sp³-hybridized carbons (Fsp3) is 0.333. The normalized spacial score (nSPS) is 10.9. The Balaban J connectivity index is 2.52. The molecule has 5 nitrogen and oxygen atoms in total. The molecule has 17 heavy (non-hydrogen) atoms. The van der Waals surface area contributed by atoms with Crippen molar-refractivity contribution in [1.29, 1.82) is 0 Å². The first kappa shape index (κ1) is 11.6. The SMILES string of the molecule is COCCn1c(=O)oc2cc(C(C)=O)ccc21. The number of aromatic nitrogens is 1. The third-order valence-electron chi connectivity index (χ3n) is 2.59. The van der Waals surface area contributed by atoms with E-state index in [1.807, 2.05) is 0 Å². The molecule has 1 aromatic heterocycles. The van der Waals surface area contributed by atoms with Crippen LogP contribution in [0.4, 0.5) is 0 Å². The topological polar surface area (TPSA) is 61.4 Å². The Bertz CT molecular complexity index is 608. The van der Waals surface area contributed by atoms with Gasteiger partial charge < -0.3 is 9.15 Å². The van der Waals surface area contributed by atoms with Crippen LogP contribution in [0.3, 0.4) is 0 Å². The van der Waals surface area contributed by atoms with Crippen LogP contribution in [0.15, 0.2) is 27.4 Å². The summed E-state index contributed by atoms with van der Waals surface area (Å²) in [6.07, 6.45) is 0. The highest BCUT2D eigenvalue weighted by Crippen LogP contribution is 2.15. The number of nitrogens with zero attached hydrogens (tertiary/aromatic N) is 1. The lowest BCUT2D eigenvalue weighted by atomic mass is 10.1. The van der Waals surface area contributed by atoms with Gasteiger partial charge in [0, 0.05) is 12.7 Å². The number of hydrogen-bond acceptors (Lipinski definition) is 4. The number of ether oxygens (including phenoxy) is 1. The van der Waals surface area contributed by atoms with Gasteiger partial charge in [-0.15, -0.1) is 0 Å². The summed E-state index contributed by atoms with van der Waals surface area (Å²) in [4.78, 5) is 22.8. The Morgan fingerprint density at radius 3 is 2.88 bits per heavy atom. The first-order valence-electron chi connectivity index (χ1n) is 5.26. The molecule has 2 aromatic rings. The summed E-state index contributed by atoms with van der Waals surface area (Å²) in [5.74, 6) is -0.489. The van der Waals surface area contributed by atoms with Crippen LogP contribution in [0, 0.1) is 0 Å². The van der Waals surface area contributed by atoms with Gasteiger partial charge >= 0.3 is 5.76 Å². The molecule has 1 aromatic carbocycles. The number of carbonyl (C=O) groups is 1. The molecular formula is C12H13NO4. The lowest BCUT2D eigenvalue weighted by Crippen LogP contribution is -2.16. The molecule has 0 unspecified atom stereocenters. The van der Waals surface area contributed by atoms with Crippen LogP contribution in [0.2, 0.25) is 0 Å². The number of Topliss-reactive ketones (excluding diaryl/α,β-unsaturated/α-hetero) is 1. The smallest absolute Gasteiger partial charge is 0.408 e. The Kier molecular flexibility index (Phi) is 3.10. The molecule has 0 radical (unpaired) electrons. The molecule has 0 fully saturated rings. The van der Waals surface area contributed by atoms with Crippen molar-refractivity contribution in [1.82, 2.24) is 4.57 Å². The molecule has 0 N–H and O–H groups in total. The van der Waals surface area contributed by atoms with Crippen LogP contribution in [-0.4, -0.2) is 24.1 Å². The molecule has 0 aliphatic rings. The fourth-order valence-electron chi connectivity index (χ4n) is 1.68. The maximum absolute atomic E-state index is 11.6. The van der Waals surface area contributed by atoms with E-state index in [0.29, 0.717) is 29.8 Å². The summed E-state index contributed by atoms with van der Waals surface area (Å²) in [5.41, 5.74) is 1.64. The van der Waals surface area contributed by atoms with E-state index in [-0.39, 0.29) is 5.78 Å². The zero-order valence-corrected chi connectivity index (χ0v) is 9.73. The summed E-state index contributed by atoms with van der Waals surface area (Å²) >= 11 is 0. The molecule has 1 heterocycles. The predicted molar refractivity (Wildman–Crippen MR) is 62.4 cm³/mol. The van der Waals surface area contributed by atoms with Gasteiger partial charge in [0.05, 0.1) is 18.7 Å². The molecule has 5 heteroatoms. The third-order valence-corrected chi connectivity index (χ3v) is 2.59. The van der Waals surface area contributed by atoms with Crippen molar-refractivity contribution >= 4 is 16.9 Å². The van der Waals surface area contributed by atoms with E-state index in [4.69, 9.17) is 9.15 Å². The van der Waals surface area contributed by atoms with Crippen LogP contribution in [-0.2, 0) is 11.3 Å². The summed E-state index contributed by atoms with van der Waals surface area (Å²) in [6, 6.07) is 4.98. The maximum atomic E-state index is 11.6. The van der Waals surface area contributed by atoms with Crippen LogP contribution < -0.4 is 5.76 Å². The van der Waals surface area contributed by atoms with Crippen LogP contribution in [0.25, 0.3) is 11.1 Å². The summed E-state index contributed by atoms with van der Waals surface area (Å²) in [7, 11) is 1.57. The van der Waals surface area contributed by atoms with Crippen molar-refractivity contribution in [3.05, 3.63) is 34.3 Å². The average Bonchev–Trinajstić information content (AvgIpc) is 2.61. The van der Waals surface area contributed by atoms with Crippen molar-refractivity contribution in [2.45, 2.75) is 13.5 Å². The van der Waals surface area contributed by atoms with Gasteiger partial charge in [-0.25, -0.2) is 4.79 Å². The minimum absolute atomic E-state index is 0.0563. The molecule has 0 saturated carbocycles. The van der Waals surface area contributed by atoms with Gasteiger partial charge in [-0.1, -0.05) is 0 Å². The largest absolute Gasteiger partial charge is 0.420 e. The summed E-state index contributed by atoms with van der Waals surface area (Å²) in [6.45, 7) is 2.34. The Labute approximate surface area is 97.6 Å². The monoisotopic (exact) mass is 235 g/mol. The van der Waals surface area contributed by atoms with E-state index in [9.17, 15) is 9.59 Å². The van der Waals surface area contributed by atoms with E-state index in [1.54, 1.807) is 25.3 Å². The Hall–Kier alpha value is -1.88. The first-order chi connectivity index (χ1) is 8.13. The van der Waals surface area contributed by atoms with Crippen LogP contribution >= 0.6 is 0 Å².